The zero-order chi connectivity index (χ0) is 12.5. The maximum atomic E-state index is 11.9. The summed E-state index contributed by atoms with van der Waals surface area (Å²) in [6.45, 7) is 2.09. The van der Waals surface area contributed by atoms with Crippen molar-refractivity contribution in [3.05, 3.63) is 59.7 Å². The van der Waals surface area contributed by atoms with Gasteiger partial charge in [-0.05, 0) is 30.9 Å². The summed E-state index contributed by atoms with van der Waals surface area (Å²) in [5, 5.41) is 0. The molecular formula is C17H16O. The third-order valence-electron chi connectivity index (χ3n) is 3.47. The second-order valence-electron chi connectivity index (χ2n) is 5.09. The van der Waals surface area contributed by atoms with E-state index < -0.39 is 0 Å². The fourth-order valence-corrected chi connectivity index (χ4v) is 2.23. The van der Waals surface area contributed by atoms with E-state index in [2.05, 4.69) is 31.2 Å². The Morgan fingerprint density at radius 3 is 2.33 bits per heavy atom. The number of Topliss-reactive ketones (excluding diaryl/α,β-unsaturated/α-hetero) is 1. The number of carbonyl (C=O) groups is 1. The van der Waals surface area contributed by atoms with Gasteiger partial charge in [0.25, 0.3) is 0 Å². The molecule has 0 saturated heterocycles. The predicted molar refractivity (Wildman–Crippen MR) is 73.7 cm³/mol. The SMILES string of the molecule is Cc1cccc(-c2ccc(C(=O)C3CC3)cc2)c1. The Labute approximate surface area is 107 Å². The average molecular weight is 236 g/mol. The van der Waals surface area contributed by atoms with Gasteiger partial charge in [-0.2, -0.15) is 0 Å². The summed E-state index contributed by atoms with van der Waals surface area (Å²) in [6, 6.07) is 16.4. The highest BCUT2D eigenvalue weighted by molar-refractivity contribution is 5.99. The molecule has 0 radical (unpaired) electrons. The van der Waals surface area contributed by atoms with E-state index in [4.69, 9.17) is 0 Å². The first-order chi connectivity index (χ1) is 8.74. The largest absolute Gasteiger partial charge is 0.294 e. The van der Waals surface area contributed by atoms with Crippen molar-refractivity contribution in [2.75, 3.05) is 0 Å². The maximum absolute atomic E-state index is 11.9. The first-order valence-electron chi connectivity index (χ1n) is 6.45. The third kappa shape index (κ3) is 2.21. The van der Waals surface area contributed by atoms with Crippen molar-refractivity contribution in [3.8, 4) is 11.1 Å². The molecule has 18 heavy (non-hydrogen) atoms. The predicted octanol–water partition coefficient (Wildman–Crippen LogP) is 4.25. The van der Waals surface area contributed by atoms with Crippen molar-refractivity contribution in [2.24, 2.45) is 5.92 Å². The van der Waals surface area contributed by atoms with Gasteiger partial charge < -0.3 is 0 Å². The van der Waals surface area contributed by atoms with Gasteiger partial charge in [0.1, 0.15) is 0 Å². The monoisotopic (exact) mass is 236 g/mol. The van der Waals surface area contributed by atoms with Gasteiger partial charge in [0, 0.05) is 11.5 Å². The molecule has 1 aliphatic carbocycles. The standard InChI is InChI=1S/C17H16O/c1-12-3-2-4-16(11-12)13-5-7-14(8-6-13)17(18)15-9-10-15/h2-8,11,15H,9-10H2,1H3. The molecule has 0 unspecified atom stereocenters. The van der Waals surface area contributed by atoms with Crippen LogP contribution < -0.4 is 0 Å². The van der Waals surface area contributed by atoms with Crippen LogP contribution in [-0.2, 0) is 0 Å². The highest BCUT2D eigenvalue weighted by Gasteiger charge is 2.30. The van der Waals surface area contributed by atoms with Crippen LogP contribution in [0.4, 0.5) is 0 Å². The maximum Gasteiger partial charge on any atom is 0.165 e. The van der Waals surface area contributed by atoms with E-state index in [1.165, 1.54) is 16.7 Å². The van der Waals surface area contributed by atoms with Gasteiger partial charge >= 0.3 is 0 Å². The normalized spacial score (nSPS) is 14.5. The molecule has 0 amide bonds. The number of aryl methyl sites for hydroxylation is 1. The Morgan fingerprint density at radius 2 is 1.72 bits per heavy atom. The molecule has 3 rings (SSSR count). The van der Waals surface area contributed by atoms with E-state index in [9.17, 15) is 4.79 Å². The van der Waals surface area contributed by atoms with Crippen molar-refractivity contribution in [1.82, 2.24) is 0 Å². The van der Waals surface area contributed by atoms with Crippen molar-refractivity contribution in [1.29, 1.82) is 0 Å². The summed E-state index contributed by atoms with van der Waals surface area (Å²) in [5.74, 6) is 0.612. The van der Waals surface area contributed by atoms with E-state index in [-0.39, 0.29) is 0 Å². The van der Waals surface area contributed by atoms with E-state index in [0.29, 0.717) is 11.7 Å². The lowest BCUT2D eigenvalue weighted by Gasteiger charge is -2.04. The van der Waals surface area contributed by atoms with Crippen LogP contribution in [0.1, 0.15) is 28.8 Å². The molecule has 1 fully saturated rings. The van der Waals surface area contributed by atoms with Crippen LogP contribution in [0.3, 0.4) is 0 Å². The molecule has 1 nitrogen and oxygen atoms in total. The molecule has 0 aromatic heterocycles. The van der Waals surface area contributed by atoms with Gasteiger partial charge in [-0.25, -0.2) is 0 Å². The molecule has 0 N–H and O–H groups in total. The second-order valence-corrected chi connectivity index (χ2v) is 5.09. The smallest absolute Gasteiger partial charge is 0.165 e. The molecule has 1 saturated carbocycles. The first-order valence-corrected chi connectivity index (χ1v) is 6.45. The molecule has 2 aromatic carbocycles. The Kier molecular flexibility index (Phi) is 2.75. The van der Waals surface area contributed by atoms with Crippen LogP contribution in [0, 0.1) is 12.8 Å². The molecule has 1 heteroatoms. The Balaban J connectivity index is 1.88. The number of benzene rings is 2. The summed E-state index contributed by atoms with van der Waals surface area (Å²) in [4.78, 5) is 11.9. The lowest BCUT2D eigenvalue weighted by Crippen LogP contribution is -2.00. The van der Waals surface area contributed by atoms with Crippen molar-refractivity contribution in [2.45, 2.75) is 19.8 Å². The Hall–Kier alpha value is -1.89. The average Bonchev–Trinajstić information content (AvgIpc) is 3.22. The third-order valence-corrected chi connectivity index (χ3v) is 3.47. The minimum atomic E-state index is 0.301. The lowest BCUT2D eigenvalue weighted by molar-refractivity contribution is 0.0967. The summed E-state index contributed by atoms with van der Waals surface area (Å²) >= 11 is 0. The quantitative estimate of drug-likeness (QED) is 0.728. The molecule has 1 aliphatic rings. The van der Waals surface area contributed by atoms with E-state index in [0.717, 1.165) is 18.4 Å². The van der Waals surface area contributed by atoms with Crippen molar-refractivity contribution >= 4 is 5.78 Å². The summed E-state index contributed by atoms with van der Waals surface area (Å²) in [6.07, 6.45) is 2.14. The summed E-state index contributed by atoms with van der Waals surface area (Å²) in [7, 11) is 0. The van der Waals surface area contributed by atoms with Gasteiger partial charge in [0.2, 0.25) is 0 Å². The van der Waals surface area contributed by atoms with E-state index >= 15 is 0 Å². The number of rotatable bonds is 3. The van der Waals surface area contributed by atoms with Crippen LogP contribution in [-0.4, -0.2) is 5.78 Å². The van der Waals surface area contributed by atoms with E-state index in [1.807, 2.05) is 24.3 Å². The molecule has 0 heterocycles. The molecule has 0 aliphatic heterocycles. The molecule has 90 valence electrons. The van der Waals surface area contributed by atoms with Crippen LogP contribution in [0.15, 0.2) is 48.5 Å². The van der Waals surface area contributed by atoms with Gasteiger partial charge in [-0.15, -0.1) is 0 Å². The minimum absolute atomic E-state index is 0.301. The topological polar surface area (TPSA) is 17.1 Å². The van der Waals surface area contributed by atoms with Crippen molar-refractivity contribution in [3.63, 3.8) is 0 Å². The molecule has 0 atom stereocenters. The van der Waals surface area contributed by atoms with Gasteiger partial charge in [0.15, 0.2) is 5.78 Å². The Bertz CT molecular complexity index is 577. The molecule has 2 aromatic rings. The van der Waals surface area contributed by atoms with Crippen LogP contribution in [0.2, 0.25) is 0 Å². The Morgan fingerprint density at radius 1 is 1.00 bits per heavy atom. The number of hydrogen-bond donors (Lipinski definition) is 0. The van der Waals surface area contributed by atoms with Gasteiger partial charge in [-0.1, -0.05) is 54.1 Å². The minimum Gasteiger partial charge on any atom is -0.294 e. The van der Waals surface area contributed by atoms with Crippen molar-refractivity contribution < 1.29 is 4.79 Å². The van der Waals surface area contributed by atoms with Crippen LogP contribution in [0.5, 0.6) is 0 Å². The molecule has 0 bridgehead atoms. The highest BCUT2D eigenvalue weighted by Crippen LogP contribution is 2.33. The zero-order valence-corrected chi connectivity index (χ0v) is 10.5. The summed E-state index contributed by atoms with van der Waals surface area (Å²) in [5.41, 5.74) is 4.49. The fraction of sp³-hybridized carbons (Fsp3) is 0.235. The highest BCUT2D eigenvalue weighted by atomic mass is 16.1. The zero-order valence-electron chi connectivity index (χ0n) is 10.5. The van der Waals surface area contributed by atoms with Gasteiger partial charge in [-0.3, -0.25) is 4.79 Å². The second kappa shape index (κ2) is 4.41. The van der Waals surface area contributed by atoms with Crippen LogP contribution in [0.25, 0.3) is 11.1 Å². The number of carbonyl (C=O) groups excluding carboxylic acids is 1. The fourth-order valence-electron chi connectivity index (χ4n) is 2.23. The molecular weight excluding hydrogens is 220 g/mol. The first kappa shape index (κ1) is 11.2. The summed E-state index contributed by atoms with van der Waals surface area (Å²) < 4.78 is 0. The van der Waals surface area contributed by atoms with Gasteiger partial charge in [0.05, 0.1) is 0 Å². The van der Waals surface area contributed by atoms with Crippen LogP contribution >= 0.6 is 0 Å². The van der Waals surface area contributed by atoms with E-state index in [1.54, 1.807) is 0 Å². The number of ketones is 1. The lowest BCUT2D eigenvalue weighted by atomic mass is 10.00. The molecule has 0 spiro atoms. The number of hydrogen-bond acceptors (Lipinski definition) is 1.